The van der Waals surface area contributed by atoms with Crippen LogP contribution in [-0.2, 0) is 0 Å². The molecule has 29 heavy (non-hydrogen) atoms. The highest BCUT2D eigenvalue weighted by Gasteiger charge is 2.20. The standard InChI is InChI=1S/C23H17ClN4O/c1-14-9-10-19-17(11-14)22-21(13-26-19)27(16-6-4-5-15(25)12-16)23(29)28(22)20-8-3-2-7-18(20)24/h2-13H,25H2,1H3. The summed E-state index contributed by atoms with van der Waals surface area (Å²) in [6.45, 7) is 2.02. The van der Waals surface area contributed by atoms with E-state index in [0.717, 1.165) is 22.0 Å². The van der Waals surface area contributed by atoms with E-state index in [2.05, 4.69) is 4.98 Å². The van der Waals surface area contributed by atoms with Crippen LogP contribution in [0, 0.1) is 6.92 Å². The number of nitrogens with two attached hydrogens (primary N) is 1. The van der Waals surface area contributed by atoms with Crippen molar-refractivity contribution >= 4 is 39.2 Å². The largest absolute Gasteiger partial charge is 0.399 e. The summed E-state index contributed by atoms with van der Waals surface area (Å²) in [5.74, 6) is 0. The van der Waals surface area contributed by atoms with Crippen molar-refractivity contribution in [2.45, 2.75) is 6.92 Å². The third-order valence-electron chi connectivity index (χ3n) is 5.04. The molecule has 0 aliphatic heterocycles. The molecule has 142 valence electrons. The molecule has 0 spiro atoms. The van der Waals surface area contributed by atoms with Gasteiger partial charge in [-0.1, -0.05) is 41.4 Å². The zero-order chi connectivity index (χ0) is 20.1. The second-order valence-corrected chi connectivity index (χ2v) is 7.42. The molecular formula is C23H17ClN4O. The number of nitrogen functional groups attached to an aromatic ring is 1. The van der Waals surface area contributed by atoms with Crippen LogP contribution < -0.4 is 11.4 Å². The Morgan fingerprint density at radius 3 is 2.59 bits per heavy atom. The first kappa shape index (κ1) is 17.5. The Labute approximate surface area is 171 Å². The van der Waals surface area contributed by atoms with Crippen LogP contribution in [0.15, 0.2) is 77.7 Å². The molecule has 0 atom stereocenters. The van der Waals surface area contributed by atoms with Crippen molar-refractivity contribution < 1.29 is 0 Å². The third kappa shape index (κ3) is 2.70. The molecule has 0 amide bonds. The van der Waals surface area contributed by atoms with Gasteiger partial charge in [0.15, 0.2) is 0 Å². The number of aromatic nitrogens is 3. The lowest BCUT2D eigenvalue weighted by atomic mass is 10.1. The van der Waals surface area contributed by atoms with Crippen molar-refractivity contribution in [3.63, 3.8) is 0 Å². The molecule has 3 aromatic carbocycles. The Morgan fingerprint density at radius 1 is 0.966 bits per heavy atom. The molecule has 5 rings (SSSR count). The first-order valence-corrected chi connectivity index (χ1v) is 9.56. The second kappa shape index (κ2) is 6.50. The molecule has 0 aliphatic carbocycles. The van der Waals surface area contributed by atoms with Gasteiger partial charge in [-0.05, 0) is 49.4 Å². The monoisotopic (exact) mass is 400 g/mol. The van der Waals surface area contributed by atoms with Crippen LogP contribution in [-0.4, -0.2) is 14.1 Å². The van der Waals surface area contributed by atoms with Crippen LogP contribution >= 0.6 is 11.6 Å². The number of para-hydroxylation sites is 1. The van der Waals surface area contributed by atoms with Crippen molar-refractivity contribution in [3.05, 3.63) is 94.0 Å². The zero-order valence-corrected chi connectivity index (χ0v) is 16.4. The summed E-state index contributed by atoms with van der Waals surface area (Å²) in [6.07, 6.45) is 1.73. The van der Waals surface area contributed by atoms with Gasteiger partial charge in [0.25, 0.3) is 0 Å². The molecule has 6 heteroatoms. The van der Waals surface area contributed by atoms with Gasteiger partial charge in [0.2, 0.25) is 0 Å². The number of pyridine rings is 1. The van der Waals surface area contributed by atoms with Crippen molar-refractivity contribution in [2.24, 2.45) is 0 Å². The molecule has 2 N–H and O–H groups in total. The molecule has 2 aromatic heterocycles. The van der Waals surface area contributed by atoms with Crippen molar-refractivity contribution in [1.82, 2.24) is 14.1 Å². The van der Waals surface area contributed by atoms with Gasteiger partial charge in [-0.25, -0.2) is 4.79 Å². The summed E-state index contributed by atoms with van der Waals surface area (Å²) in [5, 5.41) is 1.39. The molecule has 0 aliphatic rings. The van der Waals surface area contributed by atoms with Crippen molar-refractivity contribution in [3.8, 4) is 11.4 Å². The fourth-order valence-electron chi connectivity index (χ4n) is 3.75. The number of halogens is 1. The van der Waals surface area contributed by atoms with Gasteiger partial charge < -0.3 is 5.73 Å². The van der Waals surface area contributed by atoms with E-state index in [1.54, 1.807) is 33.5 Å². The van der Waals surface area contributed by atoms with Crippen molar-refractivity contribution in [1.29, 1.82) is 0 Å². The fourth-order valence-corrected chi connectivity index (χ4v) is 3.97. The smallest absolute Gasteiger partial charge is 0.338 e. The predicted molar refractivity (Wildman–Crippen MR) is 118 cm³/mol. The predicted octanol–water partition coefficient (Wildman–Crippen LogP) is 4.87. The lowest BCUT2D eigenvalue weighted by Gasteiger charge is -2.08. The molecule has 2 heterocycles. The normalized spacial score (nSPS) is 11.4. The first-order valence-electron chi connectivity index (χ1n) is 9.18. The molecule has 0 saturated carbocycles. The number of benzene rings is 3. The molecule has 5 aromatic rings. The minimum Gasteiger partial charge on any atom is -0.399 e. The summed E-state index contributed by atoms with van der Waals surface area (Å²) < 4.78 is 3.29. The lowest BCUT2D eigenvalue weighted by Crippen LogP contribution is -2.22. The maximum atomic E-state index is 13.7. The van der Waals surface area contributed by atoms with Crippen LogP contribution in [0.4, 0.5) is 5.69 Å². The molecule has 0 bridgehead atoms. The summed E-state index contributed by atoms with van der Waals surface area (Å²) in [4.78, 5) is 18.3. The highest BCUT2D eigenvalue weighted by Crippen LogP contribution is 2.30. The minimum absolute atomic E-state index is 0.227. The van der Waals surface area contributed by atoms with Gasteiger partial charge in [0.05, 0.1) is 39.1 Å². The van der Waals surface area contributed by atoms with E-state index in [-0.39, 0.29) is 5.69 Å². The van der Waals surface area contributed by atoms with E-state index < -0.39 is 0 Å². The van der Waals surface area contributed by atoms with Gasteiger partial charge in [-0.3, -0.25) is 14.1 Å². The number of hydrogen-bond acceptors (Lipinski definition) is 3. The van der Waals surface area contributed by atoms with Crippen LogP contribution in [0.2, 0.25) is 5.02 Å². The topological polar surface area (TPSA) is 65.8 Å². The van der Waals surface area contributed by atoms with Gasteiger partial charge in [-0.15, -0.1) is 0 Å². The number of fused-ring (bicyclic) bond motifs is 3. The zero-order valence-electron chi connectivity index (χ0n) is 15.6. The number of nitrogens with zero attached hydrogens (tertiary/aromatic N) is 3. The van der Waals surface area contributed by atoms with E-state index >= 15 is 0 Å². The van der Waals surface area contributed by atoms with Gasteiger partial charge in [0, 0.05) is 11.1 Å². The molecule has 0 radical (unpaired) electrons. The summed E-state index contributed by atoms with van der Waals surface area (Å²) in [5.41, 5.74) is 11.0. The van der Waals surface area contributed by atoms with E-state index in [1.807, 2.05) is 55.5 Å². The van der Waals surface area contributed by atoms with Crippen molar-refractivity contribution in [2.75, 3.05) is 5.73 Å². The van der Waals surface area contributed by atoms with E-state index in [1.165, 1.54) is 0 Å². The van der Waals surface area contributed by atoms with E-state index in [0.29, 0.717) is 27.6 Å². The van der Waals surface area contributed by atoms with Crippen LogP contribution in [0.1, 0.15) is 5.56 Å². The lowest BCUT2D eigenvalue weighted by molar-refractivity contribution is 0.931. The molecule has 0 unspecified atom stereocenters. The minimum atomic E-state index is -0.227. The Morgan fingerprint density at radius 2 is 1.79 bits per heavy atom. The second-order valence-electron chi connectivity index (χ2n) is 7.01. The van der Waals surface area contributed by atoms with Crippen LogP contribution in [0.5, 0.6) is 0 Å². The van der Waals surface area contributed by atoms with Gasteiger partial charge in [-0.2, -0.15) is 0 Å². The molecule has 5 nitrogen and oxygen atoms in total. The average molecular weight is 401 g/mol. The highest BCUT2D eigenvalue weighted by molar-refractivity contribution is 6.32. The molecular weight excluding hydrogens is 384 g/mol. The number of hydrogen-bond donors (Lipinski definition) is 1. The Kier molecular flexibility index (Phi) is 3.93. The Bertz CT molecular complexity index is 1470. The number of imidazole rings is 1. The maximum absolute atomic E-state index is 13.7. The SMILES string of the molecule is Cc1ccc2ncc3c(c2c1)n(-c1ccccc1Cl)c(=O)n3-c1cccc(N)c1. The Balaban J connectivity index is 2.02. The number of rotatable bonds is 2. The molecule has 0 fully saturated rings. The van der Waals surface area contributed by atoms with Crippen LogP contribution in [0.25, 0.3) is 33.3 Å². The highest BCUT2D eigenvalue weighted by atomic mass is 35.5. The van der Waals surface area contributed by atoms with Gasteiger partial charge >= 0.3 is 5.69 Å². The van der Waals surface area contributed by atoms with Gasteiger partial charge in [0.1, 0.15) is 0 Å². The Hall–Kier alpha value is -3.57. The number of aryl methyl sites for hydroxylation is 1. The van der Waals surface area contributed by atoms with E-state index in [4.69, 9.17) is 17.3 Å². The number of anilines is 1. The summed E-state index contributed by atoms with van der Waals surface area (Å²) >= 11 is 6.49. The molecule has 0 saturated heterocycles. The summed E-state index contributed by atoms with van der Waals surface area (Å²) in [7, 11) is 0. The fraction of sp³-hybridized carbons (Fsp3) is 0.0435. The van der Waals surface area contributed by atoms with E-state index in [9.17, 15) is 4.79 Å². The summed E-state index contributed by atoms with van der Waals surface area (Å²) in [6, 6.07) is 20.6. The van der Waals surface area contributed by atoms with Crippen LogP contribution in [0.3, 0.4) is 0 Å². The third-order valence-corrected chi connectivity index (χ3v) is 5.36. The maximum Gasteiger partial charge on any atom is 0.338 e. The first-order chi connectivity index (χ1) is 14.0. The average Bonchev–Trinajstić information content (AvgIpc) is 3.00. The quantitative estimate of drug-likeness (QED) is 0.430.